The fourth-order valence-corrected chi connectivity index (χ4v) is 2.05. The van der Waals surface area contributed by atoms with Crippen molar-refractivity contribution in [3.63, 3.8) is 0 Å². The first kappa shape index (κ1) is 10.2. The van der Waals surface area contributed by atoms with Crippen LogP contribution in [0.4, 0.5) is 0 Å². The molecule has 0 aliphatic heterocycles. The van der Waals surface area contributed by atoms with Crippen molar-refractivity contribution in [1.29, 1.82) is 0 Å². The molecule has 15 heavy (non-hydrogen) atoms. The highest BCUT2D eigenvalue weighted by Gasteiger charge is 2.51. The van der Waals surface area contributed by atoms with Gasteiger partial charge in [0, 0.05) is 14.1 Å². The second kappa shape index (κ2) is 3.37. The van der Waals surface area contributed by atoms with Gasteiger partial charge < -0.3 is 4.90 Å². The van der Waals surface area contributed by atoms with Crippen LogP contribution in [0.15, 0.2) is 24.3 Å². The zero-order valence-corrected chi connectivity index (χ0v) is 9.58. The Morgan fingerprint density at radius 2 is 1.73 bits per heavy atom. The largest absolute Gasteiger partial charge is 0.348 e. The van der Waals surface area contributed by atoms with Crippen molar-refractivity contribution in [2.45, 2.75) is 25.2 Å². The Morgan fingerprint density at radius 1 is 1.20 bits per heavy atom. The quantitative estimate of drug-likeness (QED) is 0.721. The maximum Gasteiger partial charge on any atom is 0.232 e. The average Bonchev–Trinajstić information content (AvgIpc) is 2.99. The molecule has 0 saturated heterocycles. The number of aryl methyl sites for hydroxylation is 1. The molecule has 1 aliphatic rings. The van der Waals surface area contributed by atoms with Gasteiger partial charge in [0.05, 0.1) is 5.41 Å². The summed E-state index contributed by atoms with van der Waals surface area (Å²) in [5.74, 6) is 0.242. The lowest BCUT2D eigenvalue weighted by molar-refractivity contribution is -0.131. The number of hydrogen-bond acceptors (Lipinski definition) is 1. The van der Waals surface area contributed by atoms with Crippen molar-refractivity contribution in [2.24, 2.45) is 0 Å². The summed E-state index contributed by atoms with van der Waals surface area (Å²) in [7, 11) is 3.66. The first-order valence-electron chi connectivity index (χ1n) is 5.35. The van der Waals surface area contributed by atoms with Gasteiger partial charge in [0.25, 0.3) is 0 Å². The third-order valence-corrected chi connectivity index (χ3v) is 3.17. The number of likely N-dealkylation sites (N-methyl/N-ethyl adjacent to an activating group) is 1. The van der Waals surface area contributed by atoms with E-state index in [2.05, 4.69) is 31.2 Å². The van der Waals surface area contributed by atoms with Gasteiger partial charge in [-0.2, -0.15) is 0 Å². The van der Waals surface area contributed by atoms with Crippen LogP contribution in [0.5, 0.6) is 0 Å². The molecule has 0 spiro atoms. The number of benzene rings is 1. The highest BCUT2D eigenvalue weighted by Crippen LogP contribution is 2.49. The van der Waals surface area contributed by atoms with Gasteiger partial charge in [-0.15, -0.1) is 0 Å². The molecule has 1 aromatic carbocycles. The first-order valence-corrected chi connectivity index (χ1v) is 5.35. The predicted molar refractivity (Wildman–Crippen MR) is 60.8 cm³/mol. The average molecular weight is 203 g/mol. The van der Waals surface area contributed by atoms with E-state index in [0.29, 0.717) is 0 Å². The van der Waals surface area contributed by atoms with Crippen LogP contribution in [0.1, 0.15) is 24.0 Å². The molecular weight excluding hydrogens is 186 g/mol. The normalized spacial score (nSPS) is 17.3. The Labute approximate surface area is 90.9 Å². The van der Waals surface area contributed by atoms with Gasteiger partial charge in [-0.25, -0.2) is 0 Å². The molecule has 2 heteroatoms. The fraction of sp³-hybridized carbons (Fsp3) is 0.462. The lowest BCUT2D eigenvalue weighted by Crippen LogP contribution is -2.33. The van der Waals surface area contributed by atoms with E-state index in [1.54, 1.807) is 4.90 Å². The summed E-state index contributed by atoms with van der Waals surface area (Å²) < 4.78 is 0. The van der Waals surface area contributed by atoms with Crippen LogP contribution in [0, 0.1) is 6.92 Å². The van der Waals surface area contributed by atoms with Crippen molar-refractivity contribution in [3.8, 4) is 0 Å². The molecule has 0 N–H and O–H groups in total. The summed E-state index contributed by atoms with van der Waals surface area (Å²) >= 11 is 0. The third kappa shape index (κ3) is 1.65. The van der Waals surface area contributed by atoms with E-state index in [4.69, 9.17) is 0 Å². The van der Waals surface area contributed by atoms with E-state index < -0.39 is 0 Å². The molecule has 1 aliphatic carbocycles. The molecule has 0 radical (unpaired) electrons. The van der Waals surface area contributed by atoms with E-state index in [9.17, 15) is 4.79 Å². The highest BCUT2D eigenvalue weighted by molar-refractivity contribution is 5.90. The molecule has 0 unspecified atom stereocenters. The topological polar surface area (TPSA) is 20.3 Å². The molecular formula is C13H17NO. The van der Waals surface area contributed by atoms with Crippen LogP contribution in [-0.4, -0.2) is 24.9 Å². The molecule has 1 fully saturated rings. The predicted octanol–water partition coefficient (Wildman–Crippen LogP) is 2.11. The van der Waals surface area contributed by atoms with E-state index in [-0.39, 0.29) is 11.3 Å². The van der Waals surface area contributed by atoms with Gasteiger partial charge in [-0.1, -0.05) is 29.8 Å². The van der Waals surface area contributed by atoms with Gasteiger partial charge in [-0.3, -0.25) is 4.79 Å². The maximum absolute atomic E-state index is 12.0. The van der Waals surface area contributed by atoms with E-state index in [1.165, 1.54) is 11.1 Å². The molecule has 2 rings (SSSR count). The standard InChI is InChI=1S/C13H17NO/c1-10-4-6-11(7-5-10)13(8-9-13)12(15)14(2)3/h4-7H,8-9H2,1-3H3. The van der Waals surface area contributed by atoms with Crippen molar-refractivity contribution < 1.29 is 4.79 Å². The smallest absolute Gasteiger partial charge is 0.232 e. The van der Waals surface area contributed by atoms with Crippen molar-refractivity contribution in [2.75, 3.05) is 14.1 Å². The Kier molecular flexibility index (Phi) is 2.29. The molecule has 0 heterocycles. The minimum atomic E-state index is -0.197. The molecule has 80 valence electrons. The van der Waals surface area contributed by atoms with Gasteiger partial charge in [-0.05, 0) is 25.3 Å². The fourth-order valence-electron chi connectivity index (χ4n) is 2.05. The van der Waals surface area contributed by atoms with Gasteiger partial charge in [0.2, 0.25) is 5.91 Å². The van der Waals surface area contributed by atoms with Crippen LogP contribution in [-0.2, 0) is 10.2 Å². The van der Waals surface area contributed by atoms with Crippen LogP contribution in [0.25, 0.3) is 0 Å². The van der Waals surface area contributed by atoms with Crippen LogP contribution < -0.4 is 0 Å². The zero-order chi connectivity index (χ0) is 11.1. The summed E-state index contributed by atoms with van der Waals surface area (Å²) in [5.41, 5.74) is 2.22. The zero-order valence-electron chi connectivity index (χ0n) is 9.58. The van der Waals surface area contributed by atoms with Crippen molar-refractivity contribution in [1.82, 2.24) is 4.90 Å². The molecule has 1 amide bonds. The number of carbonyl (C=O) groups is 1. The Morgan fingerprint density at radius 3 is 2.13 bits per heavy atom. The van der Waals surface area contributed by atoms with Gasteiger partial charge >= 0.3 is 0 Å². The lowest BCUT2D eigenvalue weighted by Gasteiger charge is -2.20. The number of hydrogen-bond donors (Lipinski definition) is 0. The summed E-state index contributed by atoms with van der Waals surface area (Å²) in [6.45, 7) is 2.07. The minimum absolute atomic E-state index is 0.197. The Hall–Kier alpha value is -1.31. The number of nitrogens with zero attached hydrogens (tertiary/aromatic N) is 1. The molecule has 0 aromatic heterocycles. The number of carbonyl (C=O) groups excluding carboxylic acids is 1. The summed E-state index contributed by atoms with van der Waals surface area (Å²) in [5, 5.41) is 0. The van der Waals surface area contributed by atoms with Crippen molar-refractivity contribution >= 4 is 5.91 Å². The van der Waals surface area contributed by atoms with E-state index in [1.807, 2.05) is 14.1 Å². The van der Waals surface area contributed by atoms with Crippen molar-refractivity contribution in [3.05, 3.63) is 35.4 Å². The third-order valence-electron chi connectivity index (χ3n) is 3.17. The highest BCUT2D eigenvalue weighted by atomic mass is 16.2. The minimum Gasteiger partial charge on any atom is -0.348 e. The second-order valence-electron chi connectivity index (χ2n) is 4.65. The first-order chi connectivity index (χ1) is 7.06. The summed E-state index contributed by atoms with van der Waals surface area (Å²) in [4.78, 5) is 13.7. The van der Waals surface area contributed by atoms with E-state index in [0.717, 1.165) is 12.8 Å². The SMILES string of the molecule is Cc1ccc(C2(C(=O)N(C)C)CC2)cc1. The molecule has 1 aromatic rings. The number of rotatable bonds is 2. The molecule has 2 nitrogen and oxygen atoms in total. The van der Waals surface area contributed by atoms with Crippen LogP contribution >= 0.6 is 0 Å². The Bertz CT molecular complexity index is 374. The maximum atomic E-state index is 12.0. The molecule has 0 bridgehead atoms. The summed E-state index contributed by atoms with van der Waals surface area (Å²) in [6, 6.07) is 8.34. The van der Waals surface area contributed by atoms with E-state index >= 15 is 0 Å². The molecule has 1 saturated carbocycles. The lowest BCUT2D eigenvalue weighted by atomic mass is 9.94. The second-order valence-corrected chi connectivity index (χ2v) is 4.65. The number of amides is 1. The van der Waals surface area contributed by atoms with Crippen LogP contribution in [0.2, 0.25) is 0 Å². The monoisotopic (exact) mass is 203 g/mol. The summed E-state index contributed by atoms with van der Waals surface area (Å²) in [6.07, 6.45) is 1.99. The van der Waals surface area contributed by atoms with Gasteiger partial charge in [0.1, 0.15) is 0 Å². The van der Waals surface area contributed by atoms with Crippen LogP contribution in [0.3, 0.4) is 0 Å². The molecule has 0 atom stereocenters. The van der Waals surface area contributed by atoms with Gasteiger partial charge in [0.15, 0.2) is 0 Å². The Balaban J connectivity index is 2.30.